The molecule has 1 aromatic rings. The first-order valence-electron chi connectivity index (χ1n) is 8.79. The molecule has 2 fully saturated rings. The molecular weight excluding hydrogens is 260 g/mol. The van der Waals surface area contributed by atoms with Crippen molar-refractivity contribution in [2.75, 3.05) is 26.2 Å². The normalized spacial score (nSPS) is 25.3. The molecule has 21 heavy (non-hydrogen) atoms. The minimum Gasteiger partial charge on any atom is -0.334 e. The van der Waals surface area contributed by atoms with Crippen molar-refractivity contribution in [1.29, 1.82) is 0 Å². The summed E-state index contributed by atoms with van der Waals surface area (Å²) >= 11 is 0. The second-order valence-corrected chi connectivity index (χ2v) is 6.77. The highest BCUT2D eigenvalue weighted by atomic mass is 15.2. The van der Waals surface area contributed by atoms with Gasteiger partial charge >= 0.3 is 0 Å². The Bertz CT molecular complexity index is 422. The summed E-state index contributed by atoms with van der Waals surface area (Å²) in [5, 5.41) is 3.45. The number of aryl methyl sites for hydroxylation is 1. The summed E-state index contributed by atoms with van der Waals surface area (Å²) in [7, 11) is 0. The number of nitrogens with zero attached hydrogens (tertiary/aromatic N) is 3. The Morgan fingerprint density at radius 2 is 2.05 bits per heavy atom. The third-order valence-electron chi connectivity index (χ3n) is 5.29. The van der Waals surface area contributed by atoms with Crippen LogP contribution in [0.5, 0.6) is 0 Å². The quantitative estimate of drug-likeness (QED) is 0.905. The number of aromatic nitrogens is 2. The number of hydrogen-bond donors (Lipinski definition) is 1. The van der Waals surface area contributed by atoms with Crippen LogP contribution in [0.15, 0.2) is 12.5 Å². The molecule has 0 aliphatic carbocycles. The lowest BCUT2D eigenvalue weighted by Crippen LogP contribution is -2.38. The fraction of sp³-hybridized carbons (Fsp3) is 0.824. The highest BCUT2D eigenvalue weighted by Crippen LogP contribution is 2.25. The van der Waals surface area contributed by atoms with Crippen LogP contribution in [0.4, 0.5) is 0 Å². The molecule has 1 atom stereocenters. The molecule has 0 saturated carbocycles. The van der Waals surface area contributed by atoms with Crippen molar-refractivity contribution in [2.24, 2.45) is 0 Å². The van der Waals surface area contributed by atoms with Crippen LogP contribution in [0.3, 0.4) is 0 Å². The third-order valence-corrected chi connectivity index (χ3v) is 5.29. The van der Waals surface area contributed by atoms with Gasteiger partial charge in [0.1, 0.15) is 0 Å². The van der Waals surface area contributed by atoms with Crippen LogP contribution in [-0.4, -0.2) is 46.7 Å². The van der Waals surface area contributed by atoms with Gasteiger partial charge in [0.2, 0.25) is 0 Å². The van der Waals surface area contributed by atoms with E-state index in [1.807, 2.05) is 6.33 Å². The molecule has 2 aliphatic rings. The van der Waals surface area contributed by atoms with Gasteiger partial charge in [0.15, 0.2) is 0 Å². The number of nitrogens with one attached hydrogen (secondary N) is 1. The van der Waals surface area contributed by atoms with Crippen LogP contribution in [0.25, 0.3) is 0 Å². The lowest BCUT2D eigenvalue weighted by Gasteiger charge is -2.33. The van der Waals surface area contributed by atoms with Crippen LogP contribution in [0, 0.1) is 0 Å². The number of likely N-dealkylation sites (tertiary alicyclic amines) is 1. The topological polar surface area (TPSA) is 33.1 Å². The van der Waals surface area contributed by atoms with Crippen molar-refractivity contribution in [2.45, 2.75) is 64.0 Å². The first-order valence-corrected chi connectivity index (χ1v) is 8.79. The Kier molecular flexibility index (Phi) is 5.31. The van der Waals surface area contributed by atoms with Gasteiger partial charge < -0.3 is 14.8 Å². The SMILES string of the molecule is CC1CCCCN1CCCn1cncc1C1CCNCC1. The highest BCUT2D eigenvalue weighted by molar-refractivity contribution is 5.07. The average Bonchev–Trinajstić information content (AvgIpc) is 2.99. The molecule has 0 spiro atoms. The number of hydrogen-bond acceptors (Lipinski definition) is 3. The Labute approximate surface area is 128 Å². The van der Waals surface area contributed by atoms with E-state index in [2.05, 4.69) is 32.9 Å². The van der Waals surface area contributed by atoms with Crippen molar-refractivity contribution in [3.8, 4) is 0 Å². The molecule has 0 radical (unpaired) electrons. The molecule has 0 bridgehead atoms. The van der Waals surface area contributed by atoms with Gasteiger partial charge in [-0.25, -0.2) is 4.98 Å². The molecule has 1 N–H and O–H groups in total. The van der Waals surface area contributed by atoms with Gasteiger partial charge in [-0.05, 0) is 58.7 Å². The van der Waals surface area contributed by atoms with Crippen molar-refractivity contribution in [1.82, 2.24) is 19.8 Å². The Hall–Kier alpha value is -0.870. The monoisotopic (exact) mass is 290 g/mol. The number of imidazole rings is 1. The molecular formula is C17H30N4. The van der Waals surface area contributed by atoms with E-state index in [1.54, 1.807) is 0 Å². The van der Waals surface area contributed by atoms with E-state index in [9.17, 15) is 0 Å². The fourth-order valence-electron chi connectivity index (χ4n) is 3.91. The highest BCUT2D eigenvalue weighted by Gasteiger charge is 2.20. The molecule has 1 unspecified atom stereocenters. The van der Waals surface area contributed by atoms with E-state index < -0.39 is 0 Å². The van der Waals surface area contributed by atoms with E-state index in [1.165, 1.54) is 57.3 Å². The maximum absolute atomic E-state index is 4.41. The Morgan fingerprint density at radius 3 is 2.86 bits per heavy atom. The predicted octanol–water partition coefficient (Wildman–Crippen LogP) is 2.61. The second kappa shape index (κ2) is 7.41. The van der Waals surface area contributed by atoms with Gasteiger partial charge in [-0.15, -0.1) is 0 Å². The first kappa shape index (κ1) is 15.0. The second-order valence-electron chi connectivity index (χ2n) is 6.77. The summed E-state index contributed by atoms with van der Waals surface area (Å²) in [4.78, 5) is 7.08. The lowest BCUT2D eigenvalue weighted by molar-refractivity contribution is 0.156. The molecule has 2 aliphatic heterocycles. The molecule has 4 nitrogen and oxygen atoms in total. The standard InChI is InChI=1S/C17H30N4/c1-15-5-2-3-10-20(15)11-4-12-21-14-19-13-17(21)16-6-8-18-9-7-16/h13-16,18H,2-12H2,1H3. The first-order chi connectivity index (χ1) is 10.3. The molecule has 3 rings (SSSR count). The maximum Gasteiger partial charge on any atom is 0.0948 e. The van der Waals surface area contributed by atoms with Crippen LogP contribution in [0.1, 0.15) is 57.1 Å². The maximum atomic E-state index is 4.41. The van der Waals surface area contributed by atoms with Crippen molar-refractivity contribution >= 4 is 0 Å². The van der Waals surface area contributed by atoms with Gasteiger partial charge in [0.05, 0.1) is 6.33 Å². The van der Waals surface area contributed by atoms with E-state index >= 15 is 0 Å². The summed E-state index contributed by atoms with van der Waals surface area (Å²) in [5.41, 5.74) is 1.46. The molecule has 1 aromatic heterocycles. The average molecular weight is 290 g/mol. The van der Waals surface area contributed by atoms with Crippen molar-refractivity contribution in [3.63, 3.8) is 0 Å². The summed E-state index contributed by atoms with van der Waals surface area (Å²) in [6.45, 7) is 8.36. The number of piperidine rings is 2. The van der Waals surface area contributed by atoms with E-state index in [4.69, 9.17) is 0 Å². The molecule has 2 saturated heterocycles. The van der Waals surface area contributed by atoms with Crippen LogP contribution < -0.4 is 5.32 Å². The Balaban J connectivity index is 1.50. The van der Waals surface area contributed by atoms with Crippen LogP contribution in [0.2, 0.25) is 0 Å². The lowest BCUT2D eigenvalue weighted by atomic mass is 9.95. The van der Waals surface area contributed by atoms with Gasteiger partial charge in [-0.2, -0.15) is 0 Å². The fourth-order valence-corrected chi connectivity index (χ4v) is 3.91. The van der Waals surface area contributed by atoms with Crippen LogP contribution >= 0.6 is 0 Å². The van der Waals surface area contributed by atoms with Gasteiger partial charge in [0.25, 0.3) is 0 Å². The smallest absolute Gasteiger partial charge is 0.0948 e. The predicted molar refractivity (Wildman–Crippen MR) is 86.6 cm³/mol. The summed E-state index contributed by atoms with van der Waals surface area (Å²) in [6.07, 6.45) is 12.1. The van der Waals surface area contributed by atoms with E-state index in [-0.39, 0.29) is 0 Å². The van der Waals surface area contributed by atoms with E-state index in [0.29, 0.717) is 5.92 Å². The van der Waals surface area contributed by atoms with Gasteiger partial charge in [-0.1, -0.05) is 6.42 Å². The zero-order valence-corrected chi connectivity index (χ0v) is 13.4. The largest absolute Gasteiger partial charge is 0.334 e. The number of rotatable bonds is 5. The zero-order chi connectivity index (χ0) is 14.5. The summed E-state index contributed by atoms with van der Waals surface area (Å²) < 4.78 is 2.41. The van der Waals surface area contributed by atoms with E-state index in [0.717, 1.165) is 25.7 Å². The summed E-state index contributed by atoms with van der Waals surface area (Å²) in [6, 6.07) is 0.783. The van der Waals surface area contributed by atoms with Crippen molar-refractivity contribution < 1.29 is 0 Å². The molecule has 0 amide bonds. The zero-order valence-electron chi connectivity index (χ0n) is 13.4. The molecule has 4 heteroatoms. The minimum absolute atomic E-state index is 0.711. The molecule has 118 valence electrons. The van der Waals surface area contributed by atoms with Gasteiger partial charge in [-0.3, -0.25) is 0 Å². The minimum atomic E-state index is 0.711. The molecule has 0 aromatic carbocycles. The third kappa shape index (κ3) is 3.86. The molecule has 3 heterocycles. The van der Waals surface area contributed by atoms with Crippen LogP contribution in [-0.2, 0) is 6.54 Å². The summed E-state index contributed by atoms with van der Waals surface area (Å²) in [5.74, 6) is 0.711. The van der Waals surface area contributed by atoms with Gasteiger partial charge in [0, 0.05) is 36.9 Å². The van der Waals surface area contributed by atoms with Crippen molar-refractivity contribution in [3.05, 3.63) is 18.2 Å². The Morgan fingerprint density at radius 1 is 1.19 bits per heavy atom.